The van der Waals surface area contributed by atoms with Crippen molar-refractivity contribution < 1.29 is 5.11 Å². The van der Waals surface area contributed by atoms with Crippen molar-refractivity contribution in [2.45, 2.75) is 65.0 Å². The van der Waals surface area contributed by atoms with Crippen LogP contribution in [0.4, 0.5) is 0 Å². The first-order valence-corrected chi connectivity index (χ1v) is 6.60. The molecule has 1 aliphatic rings. The van der Waals surface area contributed by atoms with Crippen molar-refractivity contribution in [2.75, 3.05) is 0 Å². The normalized spacial score (nSPS) is 19.1. The summed E-state index contributed by atoms with van der Waals surface area (Å²) in [6, 6.07) is 0. The van der Waals surface area contributed by atoms with E-state index in [4.69, 9.17) is 0 Å². The van der Waals surface area contributed by atoms with Crippen LogP contribution in [0.25, 0.3) is 0 Å². The summed E-state index contributed by atoms with van der Waals surface area (Å²) in [7, 11) is 0. The summed E-state index contributed by atoms with van der Waals surface area (Å²) in [6.45, 7) is 7.52. The number of aliphatic hydroxyl groups is 1. The van der Waals surface area contributed by atoms with Crippen LogP contribution in [-0.4, -0.2) is 19.9 Å². The Bertz CT molecular complexity index is 378. The molecule has 2 rings (SSSR count). The zero-order valence-corrected chi connectivity index (χ0v) is 11.1. The van der Waals surface area contributed by atoms with Gasteiger partial charge in [-0.2, -0.15) is 0 Å². The van der Waals surface area contributed by atoms with Crippen molar-refractivity contribution in [3.63, 3.8) is 0 Å². The van der Waals surface area contributed by atoms with Crippen LogP contribution in [0.3, 0.4) is 0 Å². The lowest BCUT2D eigenvalue weighted by Gasteiger charge is -2.24. The van der Waals surface area contributed by atoms with Crippen molar-refractivity contribution >= 4 is 0 Å². The van der Waals surface area contributed by atoms with Crippen LogP contribution < -0.4 is 0 Å². The Labute approximate surface area is 103 Å². The van der Waals surface area contributed by atoms with Gasteiger partial charge in [-0.05, 0) is 18.8 Å². The van der Waals surface area contributed by atoms with E-state index < -0.39 is 0 Å². The van der Waals surface area contributed by atoms with E-state index in [0.29, 0.717) is 11.7 Å². The third kappa shape index (κ3) is 2.37. The van der Waals surface area contributed by atoms with E-state index in [1.165, 1.54) is 25.7 Å². The van der Waals surface area contributed by atoms with Crippen molar-refractivity contribution in [1.82, 2.24) is 14.8 Å². The van der Waals surface area contributed by atoms with Crippen LogP contribution in [-0.2, 0) is 18.6 Å². The molecule has 0 radical (unpaired) electrons. The zero-order chi connectivity index (χ0) is 12.5. The molecule has 0 bridgehead atoms. The Morgan fingerprint density at radius 2 is 1.94 bits per heavy atom. The summed E-state index contributed by atoms with van der Waals surface area (Å²) in [5.74, 6) is 2.33. The van der Waals surface area contributed by atoms with E-state index in [-0.39, 0.29) is 12.0 Å². The Hall–Kier alpha value is -0.900. The van der Waals surface area contributed by atoms with Gasteiger partial charge in [0.2, 0.25) is 0 Å². The summed E-state index contributed by atoms with van der Waals surface area (Å²) in [6.07, 6.45) is 4.93. The minimum absolute atomic E-state index is 0.0181. The van der Waals surface area contributed by atoms with Crippen LogP contribution in [0.1, 0.15) is 58.1 Å². The molecule has 17 heavy (non-hydrogen) atoms. The molecule has 1 heterocycles. The van der Waals surface area contributed by atoms with E-state index in [0.717, 1.165) is 12.4 Å². The molecule has 0 atom stereocenters. The molecule has 0 spiro atoms. The molecular formula is C13H23N3O. The highest BCUT2D eigenvalue weighted by atomic mass is 16.3. The zero-order valence-electron chi connectivity index (χ0n) is 11.1. The molecule has 1 aromatic heterocycles. The number of nitrogens with zero attached hydrogens (tertiary/aromatic N) is 3. The number of rotatable bonds is 4. The first kappa shape index (κ1) is 12.6. The Balaban J connectivity index is 2.36. The number of hydrogen-bond donors (Lipinski definition) is 1. The Morgan fingerprint density at radius 3 is 2.47 bits per heavy atom. The molecular weight excluding hydrogens is 214 g/mol. The van der Waals surface area contributed by atoms with Crippen molar-refractivity contribution in [1.29, 1.82) is 0 Å². The molecule has 1 aliphatic carbocycles. The lowest BCUT2D eigenvalue weighted by molar-refractivity contribution is 0.260. The smallest absolute Gasteiger partial charge is 0.158 e. The summed E-state index contributed by atoms with van der Waals surface area (Å²) in [4.78, 5) is 0. The van der Waals surface area contributed by atoms with Crippen molar-refractivity contribution in [3.8, 4) is 0 Å². The fourth-order valence-corrected chi connectivity index (χ4v) is 2.83. The molecule has 1 aromatic rings. The van der Waals surface area contributed by atoms with Gasteiger partial charge in [0, 0.05) is 12.0 Å². The lowest BCUT2D eigenvalue weighted by Crippen LogP contribution is -2.25. The van der Waals surface area contributed by atoms with Gasteiger partial charge in [-0.3, -0.25) is 0 Å². The summed E-state index contributed by atoms with van der Waals surface area (Å²) in [5.41, 5.74) is 0.162. The van der Waals surface area contributed by atoms with E-state index in [1.807, 2.05) is 0 Å². The van der Waals surface area contributed by atoms with E-state index in [9.17, 15) is 5.11 Å². The molecule has 0 unspecified atom stereocenters. The predicted molar refractivity (Wildman–Crippen MR) is 66.6 cm³/mol. The molecule has 0 amide bonds. The van der Waals surface area contributed by atoms with Gasteiger partial charge in [0.15, 0.2) is 5.82 Å². The summed E-state index contributed by atoms with van der Waals surface area (Å²) < 4.78 is 2.13. The molecule has 0 aromatic carbocycles. The number of hydrogen-bond acceptors (Lipinski definition) is 3. The predicted octanol–water partition coefficient (Wildman–Crippen LogP) is 2.26. The second-order valence-corrected chi connectivity index (χ2v) is 5.87. The maximum Gasteiger partial charge on any atom is 0.158 e. The third-order valence-electron chi connectivity index (χ3n) is 3.76. The maximum absolute atomic E-state index is 9.35. The SMILES string of the molecule is CC(C)Cn1c(CO)nnc1C1(C)CCCC1. The van der Waals surface area contributed by atoms with Gasteiger partial charge in [-0.1, -0.05) is 33.6 Å². The fourth-order valence-electron chi connectivity index (χ4n) is 2.83. The van der Waals surface area contributed by atoms with Gasteiger partial charge in [-0.25, -0.2) is 0 Å². The van der Waals surface area contributed by atoms with Gasteiger partial charge < -0.3 is 9.67 Å². The molecule has 96 valence electrons. The van der Waals surface area contributed by atoms with E-state index in [2.05, 4.69) is 35.5 Å². The van der Waals surface area contributed by atoms with Crippen molar-refractivity contribution in [2.24, 2.45) is 5.92 Å². The summed E-state index contributed by atoms with van der Waals surface area (Å²) in [5, 5.41) is 17.8. The number of aromatic nitrogens is 3. The molecule has 1 fully saturated rings. The Morgan fingerprint density at radius 1 is 1.29 bits per heavy atom. The minimum atomic E-state index is -0.0181. The monoisotopic (exact) mass is 237 g/mol. The second-order valence-electron chi connectivity index (χ2n) is 5.87. The van der Waals surface area contributed by atoms with Gasteiger partial charge in [-0.15, -0.1) is 10.2 Å². The molecule has 1 saturated carbocycles. The molecule has 0 aliphatic heterocycles. The third-order valence-corrected chi connectivity index (χ3v) is 3.76. The summed E-state index contributed by atoms with van der Waals surface area (Å²) >= 11 is 0. The van der Waals surface area contributed by atoms with Gasteiger partial charge in [0.25, 0.3) is 0 Å². The van der Waals surface area contributed by atoms with Crippen LogP contribution >= 0.6 is 0 Å². The van der Waals surface area contributed by atoms with Crippen LogP contribution in [0.5, 0.6) is 0 Å². The fraction of sp³-hybridized carbons (Fsp3) is 0.846. The topological polar surface area (TPSA) is 50.9 Å². The van der Waals surface area contributed by atoms with E-state index in [1.54, 1.807) is 0 Å². The second kappa shape index (κ2) is 4.77. The standard InChI is InChI=1S/C13H23N3O/c1-10(2)8-16-11(9-17)14-15-12(16)13(3)6-4-5-7-13/h10,17H,4-9H2,1-3H3. The molecule has 0 saturated heterocycles. The first-order chi connectivity index (χ1) is 8.07. The van der Waals surface area contributed by atoms with Crippen LogP contribution in [0.15, 0.2) is 0 Å². The average Bonchev–Trinajstić information content (AvgIpc) is 2.85. The maximum atomic E-state index is 9.35. The highest BCUT2D eigenvalue weighted by Crippen LogP contribution is 2.39. The molecule has 1 N–H and O–H groups in total. The quantitative estimate of drug-likeness (QED) is 0.874. The van der Waals surface area contributed by atoms with Gasteiger partial charge in [0.1, 0.15) is 12.4 Å². The number of aliphatic hydroxyl groups excluding tert-OH is 1. The van der Waals surface area contributed by atoms with Crippen LogP contribution in [0.2, 0.25) is 0 Å². The minimum Gasteiger partial charge on any atom is -0.388 e. The first-order valence-electron chi connectivity index (χ1n) is 6.60. The average molecular weight is 237 g/mol. The lowest BCUT2D eigenvalue weighted by atomic mass is 9.87. The molecule has 4 nitrogen and oxygen atoms in total. The largest absolute Gasteiger partial charge is 0.388 e. The highest BCUT2D eigenvalue weighted by Gasteiger charge is 2.36. The Kier molecular flexibility index (Phi) is 3.52. The van der Waals surface area contributed by atoms with Gasteiger partial charge in [0.05, 0.1) is 0 Å². The molecule has 4 heteroatoms. The van der Waals surface area contributed by atoms with Crippen LogP contribution in [0, 0.1) is 5.92 Å². The van der Waals surface area contributed by atoms with Gasteiger partial charge >= 0.3 is 0 Å². The van der Waals surface area contributed by atoms with E-state index >= 15 is 0 Å². The highest BCUT2D eigenvalue weighted by molar-refractivity contribution is 5.11. The van der Waals surface area contributed by atoms with Crippen molar-refractivity contribution in [3.05, 3.63) is 11.6 Å².